The van der Waals surface area contributed by atoms with Gasteiger partial charge in [-0.25, -0.2) is 4.39 Å². The summed E-state index contributed by atoms with van der Waals surface area (Å²) in [5.41, 5.74) is 1.10. The van der Waals surface area contributed by atoms with Gasteiger partial charge < -0.3 is 4.42 Å². The van der Waals surface area contributed by atoms with Gasteiger partial charge in [0.25, 0.3) is 11.6 Å². The Morgan fingerprint density at radius 3 is 2.66 bits per heavy atom. The van der Waals surface area contributed by atoms with Crippen molar-refractivity contribution in [2.75, 3.05) is 0 Å². The molecule has 2 aromatic carbocycles. The third-order valence-electron chi connectivity index (χ3n) is 4.38. The fourth-order valence-corrected chi connectivity index (χ4v) is 3.79. The summed E-state index contributed by atoms with van der Waals surface area (Å²) in [5.74, 6) is -0.120. The zero-order valence-corrected chi connectivity index (χ0v) is 17.2. The molecule has 1 fully saturated rings. The number of nitro benzene ring substituents is 1. The fraction of sp³-hybridized carbons (Fsp3) is 0.0455. The standard InChI is InChI=1S/C22H15FN4O4S/c23-17-8-6-15(7-9-17)13-24-25-22-26(14-19-5-2-10-31-19)21(28)20(32-22)12-16-3-1-4-18(11-16)27(29)30/h1-13H,14H2/b20-12-,24-13-,25-22+. The Hall–Kier alpha value is -4.05. The molecule has 0 saturated carbocycles. The van der Waals surface area contributed by atoms with Gasteiger partial charge in [-0.05, 0) is 53.2 Å². The Balaban J connectivity index is 1.62. The van der Waals surface area contributed by atoms with Gasteiger partial charge >= 0.3 is 0 Å². The summed E-state index contributed by atoms with van der Waals surface area (Å²) in [5, 5.41) is 19.5. The minimum Gasteiger partial charge on any atom is -0.467 e. The quantitative estimate of drug-likeness (QED) is 0.232. The minimum atomic E-state index is -0.494. The highest BCUT2D eigenvalue weighted by Gasteiger charge is 2.34. The number of furan rings is 1. The summed E-state index contributed by atoms with van der Waals surface area (Å²) >= 11 is 1.10. The molecule has 1 aliphatic rings. The number of thioether (sulfide) groups is 1. The first kappa shape index (κ1) is 21.2. The van der Waals surface area contributed by atoms with Crippen LogP contribution in [-0.4, -0.2) is 27.1 Å². The van der Waals surface area contributed by atoms with Crippen LogP contribution in [0.5, 0.6) is 0 Å². The van der Waals surface area contributed by atoms with Crippen LogP contribution in [0.3, 0.4) is 0 Å². The van der Waals surface area contributed by atoms with E-state index in [4.69, 9.17) is 4.42 Å². The summed E-state index contributed by atoms with van der Waals surface area (Å²) in [4.78, 5) is 25.3. The van der Waals surface area contributed by atoms with Crippen LogP contribution in [0.15, 0.2) is 86.5 Å². The van der Waals surface area contributed by atoms with Crippen molar-refractivity contribution in [1.29, 1.82) is 0 Å². The number of nitrogens with zero attached hydrogens (tertiary/aromatic N) is 4. The number of non-ortho nitro benzene ring substituents is 1. The third-order valence-corrected chi connectivity index (χ3v) is 5.38. The summed E-state index contributed by atoms with van der Waals surface area (Å²) in [6, 6.07) is 15.2. The second kappa shape index (κ2) is 9.40. The zero-order valence-electron chi connectivity index (χ0n) is 16.4. The van der Waals surface area contributed by atoms with Gasteiger partial charge in [0, 0.05) is 12.1 Å². The predicted molar refractivity (Wildman–Crippen MR) is 119 cm³/mol. The van der Waals surface area contributed by atoms with E-state index in [0.717, 1.165) is 11.8 Å². The van der Waals surface area contributed by atoms with Crippen molar-refractivity contribution in [3.8, 4) is 0 Å². The highest BCUT2D eigenvalue weighted by atomic mass is 32.2. The molecule has 160 valence electrons. The van der Waals surface area contributed by atoms with Crippen LogP contribution in [0.2, 0.25) is 0 Å². The summed E-state index contributed by atoms with van der Waals surface area (Å²) in [7, 11) is 0. The Morgan fingerprint density at radius 1 is 1.12 bits per heavy atom. The summed E-state index contributed by atoms with van der Waals surface area (Å²) < 4.78 is 18.4. The largest absolute Gasteiger partial charge is 0.467 e. The molecule has 0 aliphatic carbocycles. The molecular formula is C22H15FN4O4S. The molecule has 0 unspecified atom stereocenters. The molecule has 10 heteroatoms. The molecule has 1 amide bonds. The minimum absolute atomic E-state index is 0.0694. The molecule has 2 heterocycles. The van der Waals surface area contributed by atoms with E-state index in [0.29, 0.717) is 27.0 Å². The molecule has 0 spiro atoms. The fourth-order valence-electron chi connectivity index (χ4n) is 2.85. The molecule has 0 radical (unpaired) electrons. The van der Waals surface area contributed by atoms with E-state index in [1.54, 1.807) is 42.5 Å². The number of carbonyl (C=O) groups is 1. The highest BCUT2D eigenvalue weighted by molar-refractivity contribution is 8.18. The van der Waals surface area contributed by atoms with E-state index in [1.165, 1.54) is 41.6 Å². The lowest BCUT2D eigenvalue weighted by Gasteiger charge is -2.12. The summed E-state index contributed by atoms with van der Waals surface area (Å²) in [6.07, 6.45) is 4.53. The lowest BCUT2D eigenvalue weighted by atomic mass is 10.2. The van der Waals surface area contributed by atoms with Gasteiger partial charge in [0.2, 0.25) is 0 Å². The van der Waals surface area contributed by atoms with Crippen LogP contribution in [0.25, 0.3) is 6.08 Å². The smallest absolute Gasteiger partial charge is 0.270 e. The molecule has 0 N–H and O–H groups in total. The van der Waals surface area contributed by atoms with Gasteiger partial charge in [-0.3, -0.25) is 19.8 Å². The van der Waals surface area contributed by atoms with Crippen molar-refractivity contribution in [3.63, 3.8) is 0 Å². The van der Waals surface area contributed by atoms with Gasteiger partial charge in [0.15, 0.2) is 5.17 Å². The van der Waals surface area contributed by atoms with Crippen molar-refractivity contribution in [3.05, 3.63) is 105 Å². The predicted octanol–water partition coefficient (Wildman–Crippen LogP) is 4.83. The van der Waals surface area contributed by atoms with E-state index in [9.17, 15) is 19.3 Å². The maximum atomic E-state index is 13.0. The Morgan fingerprint density at radius 2 is 1.94 bits per heavy atom. The number of amides is 1. The zero-order chi connectivity index (χ0) is 22.5. The third kappa shape index (κ3) is 4.98. The van der Waals surface area contributed by atoms with Crippen molar-refractivity contribution >= 4 is 40.8 Å². The Labute approximate surface area is 185 Å². The molecule has 3 aromatic rings. The van der Waals surface area contributed by atoms with E-state index >= 15 is 0 Å². The van der Waals surface area contributed by atoms with Crippen LogP contribution >= 0.6 is 11.8 Å². The second-order valence-electron chi connectivity index (χ2n) is 6.61. The highest BCUT2D eigenvalue weighted by Crippen LogP contribution is 2.34. The number of hydrogen-bond acceptors (Lipinski definition) is 7. The van der Waals surface area contributed by atoms with E-state index in [2.05, 4.69) is 10.2 Å². The van der Waals surface area contributed by atoms with Gasteiger partial charge in [0.05, 0.1) is 28.9 Å². The first-order valence-corrected chi connectivity index (χ1v) is 10.2. The number of carbonyl (C=O) groups excluding carboxylic acids is 1. The topological polar surface area (TPSA) is 101 Å². The van der Waals surface area contributed by atoms with Gasteiger partial charge in [-0.1, -0.05) is 24.3 Å². The number of hydrogen-bond donors (Lipinski definition) is 0. The maximum Gasteiger partial charge on any atom is 0.270 e. The SMILES string of the molecule is O=C1/C(=C/c2cccc([N+](=O)[O-])c2)S/C(=N/N=C\c2ccc(F)cc2)N1Cc1ccco1. The second-order valence-corrected chi connectivity index (χ2v) is 7.62. The molecule has 1 aliphatic heterocycles. The van der Waals surface area contributed by atoms with Crippen molar-refractivity contribution < 1.29 is 18.5 Å². The Bertz CT molecular complexity index is 1240. The first-order chi connectivity index (χ1) is 15.5. The van der Waals surface area contributed by atoms with Gasteiger partial charge in [-0.2, -0.15) is 5.10 Å². The van der Waals surface area contributed by atoms with E-state index in [1.807, 2.05) is 0 Å². The molecule has 1 saturated heterocycles. The van der Waals surface area contributed by atoms with Gasteiger partial charge in [-0.15, -0.1) is 5.10 Å². The molecule has 4 rings (SSSR count). The van der Waals surface area contributed by atoms with Crippen molar-refractivity contribution in [2.24, 2.45) is 10.2 Å². The molecule has 1 aromatic heterocycles. The number of rotatable bonds is 6. The van der Waals surface area contributed by atoms with Crippen molar-refractivity contribution in [2.45, 2.75) is 6.54 Å². The number of amidine groups is 1. The van der Waals surface area contributed by atoms with Crippen LogP contribution < -0.4 is 0 Å². The van der Waals surface area contributed by atoms with Crippen LogP contribution in [0, 0.1) is 15.9 Å². The number of halogens is 1. The summed E-state index contributed by atoms with van der Waals surface area (Å²) in [6.45, 7) is 0.149. The molecular weight excluding hydrogens is 435 g/mol. The average Bonchev–Trinajstić information content (AvgIpc) is 3.40. The molecule has 8 nitrogen and oxygen atoms in total. The molecule has 0 bridgehead atoms. The maximum absolute atomic E-state index is 13.0. The lowest BCUT2D eigenvalue weighted by Crippen LogP contribution is -2.28. The normalized spacial score (nSPS) is 16.5. The van der Waals surface area contributed by atoms with Crippen LogP contribution in [-0.2, 0) is 11.3 Å². The van der Waals surface area contributed by atoms with Crippen LogP contribution in [0.4, 0.5) is 10.1 Å². The van der Waals surface area contributed by atoms with Gasteiger partial charge in [0.1, 0.15) is 11.6 Å². The van der Waals surface area contributed by atoms with Crippen molar-refractivity contribution in [1.82, 2.24) is 4.90 Å². The molecule has 32 heavy (non-hydrogen) atoms. The van der Waals surface area contributed by atoms with Crippen LogP contribution in [0.1, 0.15) is 16.9 Å². The van der Waals surface area contributed by atoms with E-state index < -0.39 is 4.92 Å². The molecule has 0 atom stereocenters. The van der Waals surface area contributed by atoms with E-state index in [-0.39, 0.29) is 24.0 Å². The average molecular weight is 450 g/mol. The lowest BCUT2D eigenvalue weighted by molar-refractivity contribution is -0.384. The monoisotopic (exact) mass is 450 g/mol. The number of nitro groups is 1. The Kier molecular flexibility index (Phi) is 6.22. The number of benzene rings is 2. The first-order valence-electron chi connectivity index (χ1n) is 9.34.